The second kappa shape index (κ2) is 6.64. The van der Waals surface area contributed by atoms with Crippen LogP contribution in [0.1, 0.15) is 21.1 Å². The van der Waals surface area contributed by atoms with Crippen LogP contribution in [0, 0.1) is 6.92 Å². The van der Waals surface area contributed by atoms with Gasteiger partial charge in [-0.05, 0) is 43.6 Å². The Morgan fingerprint density at radius 3 is 2.96 bits per heavy atom. The van der Waals surface area contributed by atoms with Crippen molar-refractivity contribution in [3.8, 4) is 5.69 Å². The first-order valence-electron chi connectivity index (χ1n) is 8.61. The van der Waals surface area contributed by atoms with Gasteiger partial charge in [-0.3, -0.25) is 9.36 Å². The fraction of sp³-hybridized carbons (Fsp3) is 0.368. The average Bonchev–Trinajstić information content (AvgIpc) is 3.17. The molecule has 0 radical (unpaired) electrons. The van der Waals surface area contributed by atoms with Crippen molar-refractivity contribution in [3.05, 3.63) is 55.7 Å². The summed E-state index contributed by atoms with van der Waals surface area (Å²) < 4.78 is 1.81. The van der Waals surface area contributed by atoms with Crippen LogP contribution in [-0.4, -0.2) is 40.0 Å². The first-order valence-corrected chi connectivity index (χ1v) is 10.3. The summed E-state index contributed by atoms with van der Waals surface area (Å²) in [5, 5.41) is 2.84. The van der Waals surface area contributed by atoms with E-state index in [1.807, 2.05) is 23.4 Å². The molecule has 1 aliphatic heterocycles. The van der Waals surface area contributed by atoms with Crippen molar-refractivity contribution in [2.45, 2.75) is 26.4 Å². The van der Waals surface area contributed by atoms with Crippen LogP contribution in [-0.2, 0) is 19.5 Å². The zero-order chi connectivity index (χ0) is 18.4. The van der Waals surface area contributed by atoms with Crippen LogP contribution in [0.4, 0.5) is 0 Å². The molecule has 7 heteroatoms. The molecular weight excluding hydrogens is 364 g/mol. The summed E-state index contributed by atoms with van der Waals surface area (Å²) in [6, 6.07) is 2.01. The van der Waals surface area contributed by atoms with Gasteiger partial charge in [0.25, 0.3) is 5.56 Å². The highest BCUT2D eigenvalue weighted by Crippen LogP contribution is 2.33. The third-order valence-electron chi connectivity index (χ3n) is 4.91. The Morgan fingerprint density at radius 2 is 2.27 bits per heavy atom. The number of likely N-dealkylation sites (N-methyl/N-ethyl adjacent to an activating group) is 1. The molecule has 0 bridgehead atoms. The minimum atomic E-state index is 0.0611. The smallest absolute Gasteiger partial charge is 0.267 e. The maximum atomic E-state index is 13.6. The van der Waals surface area contributed by atoms with Crippen molar-refractivity contribution >= 4 is 32.9 Å². The molecule has 0 saturated carbocycles. The van der Waals surface area contributed by atoms with Gasteiger partial charge in [0.2, 0.25) is 0 Å². The third-order valence-corrected chi connectivity index (χ3v) is 6.86. The van der Waals surface area contributed by atoms with Crippen LogP contribution in [0.25, 0.3) is 15.9 Å². The lowest BCUT2D eigenvalue weighted by Gasteiger charge is -2.22. The number of fused-ring (bicyclic) bond motifs is 3. The number of aryl methyl sites for hydroxylation is 1. The molecule has 4 rings (SSSR count). The van der Waals surface area contributed by atoms with E-state index < -0.39 is 0 Å². The molecular formula is C19H22N4OS2. The summed E-state index contributed by atoms with van der Waals surface area (Å²) in [5.74, 6) is 0.762. The molecule has 3 aromatic rings. The lowest BCUT2D eigenvalue weighted by molar-refractivity contribution is 0.318. The Hall–Kier alpha value is -1.96. The molecule has 0 aliphatic carbocycles. The minimum Gasteiger partial charge on any atom is -0.374 e. The highest BCUT2D eigenvalue weighted by atomic mass is 32.1. The predicted molar refractivity (Wildman–Crippen MR) is 110 cm³/mol. The summed E-state index contributed by atoms with van der Waals surface area (Å²) in [6.45, 7) is 8.30. The molecule has 0 atom stereocenters. The number of aromatic nitrogens is 2. The molecule has 0 fully saturated rings. The van der Waals surface area contributed by atoms with Gasteiger partial charge in [-0.25, -0.2) is 4.98 Å². The van der Waals surface area contributed by atoms with Crippen LogP contribution in [0.3, 0.4) is 0 Å². The second-order valence-corrected chi connectivity index (χ2v) is 9.00. The van der Waals surface area contributed by atoms with E-state index >= 15 is 0 Å². The normalized spacial score (nSPS) is 14.6. The average molecular weight is 387 g/mol. The Bertz CT molecular complexity index is 1050. The SMILES string of the molecule is C=CN(C)Cc1nc2sc3c(c2c(=O)n1-c1ccsc1C)CCN(C)C3. The standard InChI is InChI=1S/C19H22N4OS2/c1-5-21(3)11-16-20-18-17(13-6-8-22(4)10-15(13)26-18)19(24)23(16)14-7-9-25-12(14)2/h5,7,9H,1,6,8,10-11H2,2-4H3. The Labute approximate surface area is 160 Å². The van der Waals surface area contributed by atoms with Crippen LogP contribution in [0.15, 0.2) is 29.0 Å². The molecule has 0 amide bonds. The molecule has 0 spiro atoms. The summed E-state index contributed by atoms with van der Waals surface area (Å²) >= 11 is 3.32. The fourth-order valence-electron chi connectivity index (χ4n) is 3.46. The maximum Gasteiger partial charge on any atom is 0.267 e. The molecule has 0 aromatic carbocycles. The quantitative estimate of drug-likeness (QED) is 0.689. The minimum absolute atomic E-state index is 0.0611. The van der Waals surface area contributed by atoms with Crippen LogP contribution in [0.2, 0.25) is 0 Å². The van der Waals surface area contributed by atoms with E-state index in [1.54, 1.807) is 33.4 Å². The lowest BCUT2D eigenvalue weighted by atomic mass is 10.1. The first-order chi connectivity index (χ1) is 12.5. The molecule has 136 valence electrons. The highest BCUT2D eigenvalue weighted by molar-refractivity contribution is 7.18. The molecule has 0 N–H and O–H groups in total. The van der Waals surface area contributed by atoms with Gasteiger partial charge in [-0.2, -0.15) is 0 Å². The number of thiophene rings is 2. The van der Waals surface area contributed by atoms with Gasteiger partial charge in [0.15, 0.2) is 0 Å². The van der Waals surface area contributed by atoms with Crippen LogP contribution >= 0.6 is 22.7 Å². The van der Waals surface area contributed by atoms with E-state index in [1.165, 1.54) is 10.4 Å². The van der Waals surface area contributed by atoms with Crippen molar-refractivity contribution in [1.82, 2.24) is 19.4 Å². The molecule has 0 unspecified atom stereocenters. The van der Waals surface area contributed by atoms with E-state index in [0.717, 1.165) is 46.1 Å². The van der Waals surface area contributed by atoms with Crippen molar-refractivity contribution in [3.63, 3.8) is 0 Å². The lowest BCUT2D eigenvalue weighted by Crippen LogP contribution is -2.29. The Morgan fingerprint density at radius 1 is 1.46 bits per heavy atom. The van der Waals surface area contributed by atoms with Gasteiger partial charge in [-0.15, -0.1) is 22.7 Å². The third kappa shape index (κ3) is 2.80. The maximum absolute atomic E-state index is 13.6. The summed E-state index contributed by atoms with van der Waals surface area (Å²) in [5.41, 5.74) is 2.20. The zero-order valence-corrected chi connectivity index (χ0v) is 16.9. The number of hydrogen-bond donors (Lipinski definition) is 0. The molecule has 3 aromatic heterocycles. The Balaban J connectivity index is 2.01. The van der Waals surface area contributed by atoms with E-state index in [-0.39, 0.29) is 5.56 Å². The molecule has 4 heterocycles. The summed E-state index contributed by atoms with van der Waals surface area (Å²) in [7, 11) is 4.07. The number of rotatable bonds is 4. The topological polar surface area (TPSA) is 41.4 Å². The van der Waals surface area contributed by atoms with Gasteiger partial charge in [-0.1, -0.05) is 6.58 Å². The zero-order valence-electron chi connectivity index (χ0n) is 15.3. The fourth-order valence-corrected chi connectivity index (χ4v) is 5.46. The van der Waals surface area contributed by atoms with Crippen molar-refractivity contribution in [2.75, 3.05) is 20.6 Å². The second-order valence-electron chi connectivity index (χ2n) is 6.80. The number of nitrogens with zero attached hydrogens (tertiary/aromatic N) is 4. The van der Waals surface area contributed by atoms with Gasteiger partial charge in [0, 0.05) is 29.9 Å². The van der Waals surface area contributed by atoms with Gasteiger partial charge in [0.05, 0.1) is 17.6 Å². The predicted octanol–water partition coefficient (Wildman–Crippen LogP) is 3.38. The van der Waals surface area contributed by atoms with Gasteiger partial charge in [0.1, 0.15) is 10.7 Å². The van der Waals surface area contributed by atoms with Crippen molar-refractivity contribution in [1.29, 1.82) is 0 Å². The molecule has 26 heavy (non-hydrogen) atoms. The van der Waals surface area contributed by atoms with E-state index in [4.69, 9.17) is 4.98 Å². The van der Waals surface area contributed by atoms with E-state index in [9.17, 15) is 4.79 Å². The van der Waals surface area contributed by atoms with Crippen molar-refractivity contribution < 1.29 is 0 Å². The molecule has 5 nitrogen and oxygen atoms in total. The first kappa shape index (κ1) is 17.5. The largest absolute Gasteiger partial charge is 0.374 e. The Kier molecular flexibility index (Phi) is 4.46. The van der Waals surface area contributed by atoms with E-state index in [0.29, 0.717) is 6.54 Å². The molecule has 0 saturated heterocycles. The van der Waals surface area contributed by atoms with E-state index in [2.05, 4.69) is 25.5 Å². The van der Waals surface area contributed by atoms with Crippen LogP contribution in [0.5, 0.6) is 0 Å². The van der Waals surface area contributed by atoms with Crippen LogP contribution < -0.4 is 5.56 Å². The number of hydrogen-bond acceptors (Lipinski definition) is 6. The monoisotopic (exact) mass is 386 g/mol. The summed E-state index contributed by atoms with van der Waals surface area (Å²) in [4.78, 5) is 26.0. The van der Waals surface area contributed by atoms with Crippen molar-refractivity contribution in [2.24, 2.45) is 0 Å². The summed E-state index contributed by atoms with van der Waals surface area (Å²) in [6.07, 6.45) is 2.67. The highest BCUT2D eigenvalue weighted by Gasteiger charge is 2.25. The molecule has 1 aliphatic rings. The van der Waals surface area contributed by atoms with Gasteiger partial charge >= 0.3 is 0 Å². The van der Waals surface area contributed by atoms with Gasteiger partial charge < -0.3 is 9.80 Å².